The van der Waals surface area contributed by atoms with Crippen LogP contribution in [0.1, 0.15) is 0 Å². The van der Waals surface area contributed by atoms with Crippen molar-refractivity contribution < 1.29 is 78.9 Å². The van der Waals surface area contributed by atoms with E-state index in [-0.39, 0.29) is 59.1 Å². The van der Waals surface area contributed by atoms with Crippen LogP contribution in [-0.2, 0) is 0 Å². The Bertz CT molecular complexity index is 77.3. The summed E-state index contributed by atoms with van der Waals surface area (Å²) in [5, 5.41) is 17.7. The van der Waals surface area contributed by atoms with Crippen molar-refractivity contribution in [1.82, 2.24) is 0 Å². The van der Waals surface area contributed by atoms with Gasteiger partial charge in [-0.25, -0.2) is 0 Å². The van der Waals surface area contributed by atoms with Gasteiger partial charge in [0.15, 0.2) is 0 Å². The zero-order valence-corrected chi connectivity index (χ0v) is 12.1. The monoisotopic (exact) mass is 200 g/mol. The van der Waals surface area contributed by atoms with Gasteiger partial charge in [0, 0.05) is 0 Å². The Labute approximate surface area is 108 Å². The number of carboxylic acid groups (broad SMARTS) is 2. The minimum atomic E-state index is -1.17. The second kappa shape index (κ2) is 17.0. The van der Waals surface area contributed by atoms with Crippen LogP contribution in [0.4, 0.5) is 9.59 Å². The molecule has 0 aromatic rings. The minimum absolute atomic E-state index is 0. The van der Waals surface area contributed by atoms with E-state index in [0.29, 0.717) is 0 Å². The summed E-state index contributed by atoms with van der Waals surface area (Å²) in [4.78, 5) is 17.7. The molecule has 0 amide bonds. The van der Waals surface area contributed by atoms with Crippen molar-refractivity contribution in [1.29, 1.82) is 0 Å². The van der Waals surface area contributed by atoms with Crippen LogP contribution in [0.5, 0.6) is 0 Å². The standard InChI is InChI=1S/2CH3O2P.2Na/c2*2-1(3)4;;/h2*4H2,(H,2,3);;/q;;2*+1/p-2. The average Bonchev–Trinajstić information content (AvgIpc) is 1.25. The Kier molecular flexibility index (Phi) is 38.6. The zero-order valence-electron chi connectivity index (χ0n) is 5.79. The maximum Gasteiger partial charge on any atom is 1.00 e. The Morgan fingerprint density at radius 3 is 0.900 bits per heavy atom. The molecule has 2 unspecified atom stereocenters. The predicted octanol–water partition coefficient (Wildman–Crippen LogP) is -7.58. The van der Waals surface area contributed by atoms with Crippen LogP contribution < -0.4 is 69.3 Å². The normalized spacial score (nSPS) is 5.00. The Hall–Kier alpha value is 1.80. The van der Waals surface area contributed by atoms with Gasteiger partial charge in [0.25, 0.3) is 0 Å². The Balaban J connectivity index is -0.0000000300. The molecule has 8 heteroatoms. The molecule has 2 atom stereocenters. The molecule has 0 N–H and O–H groups in total. The van der Waals surface area contributed by atoms with E-state index < -0.39 is 11.4 Å². The average molecular weight is 200 g/mol. The van der Waals surface area contributed by atoms with Crippen LogP contribution >= 0.6 is 18.5 Å². The maximum atomic E-state index is 8.85. The second-order valence-corrected chi connectivity index (χ2v) is 1.58. The molecule has 0 fully saturated rings. The first-order valence-electron chi connectivity index (χ1n) is 1.39. The number of carbonyl (C=O) groups excluding carboxylic acids is 2. The van der Waals surface area contributed by atoms with Crippen LogP contribution in [-0.4, -0.2) is 11.4 Å². The van der Waals surface area contributed by atoms with Gasteiger partial charge >= 0.3 is 59.1 Å². The van der Waals surface area contributed by atoms with E-state index in [1.165, 1.54) is 18.5 Å². The van der Waals surface area contributed by atoms with Crippen molar-refractivity contribution in [3.63, 3.8) is 0 Å². The number of rotatable bonds is 0. The molecule has 0 aliphatic carbocycles. The van der Waals surface area contributed by atoms with Crippen LogP contribution in [0.2, 0.25) is 0 Å². The fraction of sp³-hybridized carbons (Fsp3) is 0. The molecule has 0 spiro atoms. The van der Waals surface area contributed by atoms with E-state index in [4.69, 9.17) is 19.8 Å². The molecule has 0 radical (unpaired) electrons. The molecule has 0 saturated heterocycles. The van der Waals surface area contributed by atoms with Gasteiger partial charge in [-0.1, -0.05) is 18.5 Å². The summed E-state index contributed by atoms with van der Waals surface area (Å²) in [6, 6.07) is 0. The summed E-state index contributed by atoms with van der Waals surface area (Å²) < 4.78 is 0. The van der Waals surface area contributed by atoms with Gasteiger partial charge < -0.3 is 19.8 Å². The van der Waals surface area contributed by atoms with Crippen molar-refractivity contribution >= 4 is 29.9 Å². The first-order valence-corrected chi connectivity index (χ1v) is 2.55. The molecule has 0 aromatic carbocycles. The minimum Gasteiger partial charge on any atom is -0.546 e. The van der Waals surface area contributed by atoms with Gasteiger partial charge in [-0.2, -0.15) is 0 Å². The number of carbonyl (C=O) groups is 2. The largest absolute Gasteiger partial charge is 1.00 e. The Morgan fingerprint density at radius 1 is 0.900 bits per heavy atom. The number of hydrogen-bond donors (Lipinski definition) is 0. The SMILES string of the molecule is O=C([O-])P.O=C([O-])P.[Na+].[Na+]. The van der Waals surface area contributed by atoms with E-state index in [2.05, 4.69) is 0 Å². The summed E-state index contributed by atoms with van der Waals surface area (Å²) in [7, 11) is 2.93. The van der Waals surface area contributed by atoms with Crippen molar-refractivity contribution in [2.45, 2.75) is 0 Å². The molecule has 0 aromatic heterocycles. The van der Waals surface area contributed by atoms with Crippen molar-refractivity contribution in [2.75, 3.05) is 0 Å². The first kappa shape index (κ1) is 22.6. The third kappa shape index (κ3) is 234. The van der Waals surface area contributed by atoms with Crippen molar-refractivity contribution in [3.8, 4) is 0 Å². The summed E-state index contributed by atoms with van der Waals surface area (Å²) in [6.07, 6.45) is 0. The van der Waals surface area contributed by atoms with Crippen LogP contribution in [0.3, 0.4) is 0 Å². The van der Waals surface area contributed by atoms with Crippen LogP contribution in [0.25, 0.3) is 0 Å². The quantitative estimate of drug-likeness (QED) is 0.287. The van der Waals surface area contributed by atoms with E-state index in [1.54, 1.807) is 0 Å². The molecule has 10 heavy (non-hydrogen) atoms. The predicted molar refractivity (Wildman–Crippen MR) is 30.2 cm³/mol. The van der Waals surface area contributed by atoms with Gasteiger partial charge in [-0.05, 0) is 0 Å². The van der Waals surface area contributed by atoms with Crippen LogP contribution in [0, 0.1) is 0 Å². The first-order chi connectivity index (χ1) is 3.46. The third-order valence-electron chi connectivity index (χ3n) is 0. The maximum absolute atomic E-state index is 8.85. The molecule has 48 valence electrons. The fourth-order valence-corrected chi connectivity index (χ4v) is 0. The molecule has 0 rings (SSSR count). The van der Waals surface area contributed by atoms with E-state index in [9.17, 15) is 0 Å². The molecule has 0 heterocycles. The molecular formula is C2H4Na2O4P2. The van der Waals surface area contributed by atoms with Gasteiger partial charge in [0.2, 0.25) is 0 Å². The smallest absolute Gasteiger partial charge is 0.546 e. The fourth-order valence-electron chi connectivity index (χ4n) is 0. The van der Waals surface area contributed by atoms with E-state index in [1.807, 2.05) is 0 Å². The van der Waals surface area contributed by atoms with Crippen LogP contribution in [0.15, 0.2) is 0 Å². The van der Waals surface area contributed by atoms with Gasteiger partial charge in [0.05, 0.1) is 11.4 Å². The van der Waals surface area contributed by atoms with Gasteiger partial charge in [-0.3, -0.25) is 0 Å². The number of hydrogen-bond acceptors (Lipinski definition) is 4. The Morgan fingerprint density at radius 2 is 0.900 bits per heavy atom. The van der Waals surface area contributed by atoms with Crippen molar-refractivity contribution in [2.24, 2.45) is 0 Å². The summed E-state index contributed by atoms with van der Waals surface area (Å²) >= 11 is 0. The topological polar surface area (TPSA) is 80.3 Å². The summed E-state index contributed by atoms with van der Waals surface area (Å²) in [6.45, 7) is 0. The second-order valence-electron chi connectivity index (χ2n) is 0.638. The molecule has 0 saturated carbocycles. The van der Waals surface area contributed by atoms with Gasteiger partial charge in [-0.15, -0.1) is 0 Å². The summed E-state index contributed by atoms with van der Waals surface area (Å²) in [5.74, 6) is 0. The zero-order chi connectivity index (χ0) is 7.15. The summed E-state index contributed by atoms with van der Waals surface area (Å²) in [5.41, 5.74) is -2.33. The van der Waals surface area contributed by atoms with E-state index in [0.717, 1.165) is 0 Å². The molecule has 4 nitrogen and oxygen atoms in total. The van der Waals surface area contributed by atoms with E-state index >= 15 is 0 Å². The molecule has 0 aliphatic heterocycles. The molecule has 0 bridgehead atoms. The third-order valence-corrected chi connectivity index (χ3v) is 0. The van der Waals surface area contributed by atoms with Crippen molar-refractivity contribution in [3.05, 3.63) is 0 Å². The van der Waals surface area contributed by atoms with Gasteiger partial charge in [0.1, 0.15) is 0 Å². The molecule has 0 aliphatic rings. The molecular weight excluding hydrogens is 196 g/mol.